The largest absolute Gasteiger partial charge is 0.707 e. The molecule has 11 heteroatoms. The molecule has 0 unspecified atom stereocenters. The highest BCUT2D eigenvalue weighted by atomic mass is 19.4. The lowest BCUT2D eigenvalue weighted by Crippen LogP contribution is -2.25. The van der Waals surface area contributed by atoms with Gasteiger partial charge >= 0.3 is 19.7 Å². The van der Waals surface area contributed by atoms with Crippen LogP contribution >= 0.6 is 0 Å². The quantitative estimate of drug-likeness (QED) is 0.649. The second kappa shape index (κ2) is 4.89. The molecule has 0 fully saturated rings. The number of hydrogen-bond donors (Lipinski definition) is 2. The third-order valence-electron chi connectivity index (χ3n) is 1.92. The first kappa shape index (κ1) is 15.6. The molecular weight excluding hydrogens is 288 g/mol. The van der Waals surface area contributed by atoms with Crippen LogP contribution in [-0.4, -0.2) is 17.4 Å². The zero-order valence-electron chi connectivity index (χ0n) is 8.68. The van der Waals surface area contributed by atoms with E-state index in [-0.39, 0.29) is 12.1 Å². The SMILES string of the molecule is OB(O)Oc1ccc(F)c(C(F)(F)F)c1C(F)(F)F. The van der Waals surface area contributed by atoms with Gasteiger partial charge < -0.3 is 14.7 Å². The first-order valence-electron chi connectivity index (χ1n) is 4.44. The van der Waals surface area contributed by atoms with E-state index in [2.05, 4.69) is 4.65 Å². The lowest BCUT2D eigenvalue weighted by atomic mass is 10.0. The Morgan fingerprint density at radius 3 is 1.74 bits per heavy atom. The molecule has 106 valence electrons. The van der Waals surface area contributed by atoms with Crippen LogP contribution in [-0.2, 0) is 12.4 Å². The minimum atomic E-state index is -5.63. The fourth-order valence-corrected chi connectivity index (χ4v) is 1.33. The van der Waals surface area contributed by atoms with Gasteiger partial charge in [-0.1, -0.05) is 0 Å². The first-order chi connectivity index (χ1) is 8.44. The first-order valence-corrected chi connectivity index (χ1v) is 4.44. The van der Waals surface area contributed by atoms with Gasteiger partial charge in [0, 0.05) is 0 Å². The van der Waals surface area contributed by atoms with E-state index in [1.54, 1.807) is 0 Å². The van der Waals surface area contributed by atoms with Crippen molar-refractivity contribution in [3.63, 3.8) is 0 Å². The monoisotopic (exact) mass is 292 g/mol. The maximum atomic E-state index is 13.0. The molecule has 1 rings (SSSR count). The van der Waals surface area contributed by atoms with Crippen molar-refractivity contribution < 1.29 is 45.4 Å². The lowest BCUT2D eigenvalue weighted by molar-refractivity contribution is -0.164. The zero-order valence-corrected chi connectivity index (χ0v) is 8.68. The minimum absolute atomic E-state index is 0.0791. The molecule has 0 aromatic heterocycles. The molecule has 0 saturated heterocycles. The summed E-state index contributed by atoms with van der Waals surface area (Å²) in [5.41, 5.74) is -5.05. The topological polar surface area (TPSA) is 49.7 Å². The maximum Gasteiger partial charge on any atom is 0.707 e. The number of halogens is 7. The van der Waals surface area contributed by atoms with Crippen LogP contribution in [0.15, 0.2) is 12.1 Å². The molecule has 2 N–H and O–H groups in total. The van der Waals surface area contributed by atoms with Gasteiger partial charge in [-0.15, -0.1) is 0 Å². The Bertz CT molecular complexity index is 469. The minimum Gasteiger partial charge on any atom is -0.511 e. The molecule has 0 aliphatic rings. The predicted octanol–water partition coefficient (Wildman–Crippen LogP) is 2.21. The molecule has 0 spiro atoms. The van der Waals surface area contributed by atoms with E-state index in [9.17, 15) is 30.7 Å². The van der Waals surface area contributed by atoms with E-state index < -0.39 is 42.4 Å². The molecular formula is C8H4BF7O3. The highest BCUT2D eigenvalue weighted by molar-refractivity contribution is 6.33. The maximum absolute atomic E-state index is 13.0. The summed E-state index contributed by atoms with van der Waals surface area (Å²) in [4.78, 5) is 0. The summed E-state index contributed by atoms with van der Waals surface area (Å²) in [5.74, 6) is -3.70. The van der Waals surface area contributed by atoms with Gasteiger partial charge in [0.15, 0.2) is 0 Å². The molecule has 19 heavy (non-hydrogen) atoms. The molecule has 0 heterocycles. The third kappa shape index (κ3) is 3.50. The van der Waals surface area contributed by atoms with Crippen molar-refractivity contribution in [1.29, 1.82) is 0 Å². The van der Waals surface area contributed by atoms with Crippen molar-refractivity contribution in [2.75, 3.05) is 0 Å². The van der Waals surface area contributed by atoms with Crippen LogP contribution in [0.25, 0.3) is 0 Å². The average molecular weight is 292 g/mol. The van der Waals surface area contributed by atoms with Crippen molar-refractivity contribution in [2.45, 2.75) is 12.4 Å². The third-order valence-corrected chi connectivity index (χ3v) is 1.92. The Morgan fingerprint density at radius 2 is 1.37 bits per heavy atom. The lowest BCUT2D eigenvalue weighted by Gasteiger charge is -2.19. The average Bonchev–Trinajstić information content (AvgIpc) is 2.15. The summed E-state index contributed by atoms with van der Waals surface area (Å²) in [6, 6.07) is 0.294. The van der Waals surface area contributed by atoms with Gasteiger partial charge in [-0.25, -0.2) is 4.39 Å². The standard InChI is InChI=1S/C8H4BF7O3/c10-3-1-2-4(19-9(17)18)6(8(14,15)16)5(3)7(11,12)13/h1-2,17-18H. The summed E-state index contributed by atoms with van der Waals surface area (Å²) < 4.78 is 91.8. The molecule has 0 saturated carbocycles. The molecule has 0 amide bonds. The Hall–Kier alpha value is -1.49. The molecule has 1 aromatic carbocycles. The molecule has 0 aliphatic carbocycles. The van der Waals surface area contributed by atoms with Gasteiger partial charge in [-0.3, -0.25) is 0 Å². The van der Waals surface area contributed by atoms with Gasteiger partial charge in [0.1, 0.15) is 22.7 Å². The van der Waals surface area contributed by atoms with Crippen molar-refractivity contribution in [1.82, 2.24) is 0 Å². The van der Waals surface area contributed by atoms with Crippen molar-refractivity contribution in [2.24, 2.45) is 0 Å². The summed E-state index contributed by atoms with van der Waals surface area (Å²) in [5, 5.41) is 16.7. The van der Waals surface area contributed by atoms with Crippen molar-refractivity contribution in [3.05, 3.63) is 29.1 Å². The van der Waals surface area contributed by atoms with Gasteiger partial charge in [0.2, 0.25) is 0 Å². The van der Waals surface area contributed by atoms with Crippen LogP contribution in [0.4, 0.5) is 30.7 Å². The van der Waals surface area contributed by atoms with Crippen LogP contribution in [0, 0.1) is 5.82 Å². The van der Waals surface area contributed by atoms with E-state index >= 15 is 0 Å². The van der Waals surface area contributed by atoms with Crippen LogP contribution in [0.2, 0.25) is 0 Å². The van der Waals surface area contributed by atoms with Gasteiger partial charge in [-0.2, -0.15) is 26.3 Å². The second-order valence-corrected chi connectivity index (χ2v) is 3.24. The molecule has 0 atom stereocenters. The molecule has 0 radical (unpaired) electrons. The molecule has 0 bridgehead atoms. The van der Waals surface area contributed by atoms with E-state index in [0.717, 1.165) is 0 Å². The van der Waals surface area contributed by atoms with Crippen LogP contribution < -0.4 is 4.65 Å². The summed E-state index contributed by atoms with van der Waals surface area (Å²) in [6.45, 7) is 0. The van der Waals surface area contributed by atoms with Crippen LogP contribution in [0.1, 0.15) is 11.1 Å². The number of alkyl halides is 6. The Kier molecular flexibility index (Phi) is 4.01. The highest BCUT2D eigenvalue weighted by Crippen LogP contribution is 2.46. The Morgan fingerprint density at radius 1 is 0.895 bits per heavy atom. The Balaban J connectivity index is 3.61. The predicted molar refractivity (Wildman–Crippen MR) is 47.2 cm³/mol. The van der Waals surface area contributed by atoms with Crippen molar-refractivity contribution in [3.8, 4) is 5.75 Å². The zero-order chi connectivity index (χ0) is 15.0. The number of rotatable bonds is 2. The summed E-state index contributed by atoms with van der Waals surface area (Å²) in [6.07, 6.45) is -11.2. The van der Waals surface area contributed by atoms with Gasteiger partial charge in [-0.05, 0) is 12.1 Å². The molecule has 1 aromatic rings. The molecule has 3 nitrogen and oxygen atoms in total. The highest BCUT2D eigenvalue weighted by Gasteiger charge is 2.48. The fraction of sp³-hybridized carbons (Fsp3) is 0.250. The van der Waals surface area contributed by atoms with E-state index in [0.29, 0.717) is 0 Å². The smallest absolute Gasteiger partial charge is 0.511 e. The van der Waals surface area contributed by atoms with E-state index in [4.69, 9.17) is 10.0 Å². The van der Waals surface area contributed by atoms with Crippen LogP contribution in [0.5, 0.6) is 5.75 Å². The summed E-state index contributed by atoms with van der Waals surface area (Å²) in [7, 11) is -2.78. The second-order valence-electron chi connectivity index (χ2n) is 3.24. The van der Waals surface area contributed by atoms with Crippen molar-refractivity contribution >= 4 is 7.32 Å². The van der Waals surface area contributed by atoms with Gasteiger partial charge in [0.25, 0.3) is 0 Å². The summed E-state index contributed by atoms with van der Waals surface area (Å²) >= 11 is 0. The Labute approximate surface area is 101 Å². The fourth-order valence-electron chi connectivity index (χ4n) is 1.33. The van der Waals surface area contributed by atoms with Gasteiger partial charge in [0.05, 0.1) is 0 Å². The van der Waals surface area contributed by atoms with E-state index in [1.165, 1.54) is 0 Å². The number of benzene rings is 1. The van der Waals surface area contributed by atoms with Crippen LogP contribution in [0.3, 0.4) is 0 Å². The normalized spacial score (nSPS) is 12.5. The molecule has 0 aliphatic heterocycles. The van der Waals surface area contributed by atoms with E-state index in [1.807, 2.05) is 0 Å². The number of hydrogen-bond acceptors (Lipinski definition) is 3.